The quantitative estimate of drug-likeness (QED) is 0.538. The van der Waals surface area contributed by atoms with Crippen LogP contribution in [0.3, 0.4) is 0 Å². The van der Waals surface area contributed by atoms with Crippen molar-refractivity contribution in [2.45, 2.75) is 13.1 Å². The van der Waals surface area contributed by atoms with E-state index in [1.54, 1.807) is 4.57 Å². The summed E-state index contributed by atoms with van der Waals surface area (Å²) in [5, 5.41) is 8.63. The van der Waals surface area contributed by atoms with Gasteiger partial charge in [0.1, 0.15) is 5.82 Å². The third-order valence-corrected chi connectivity index (χ3v) is 4.63. The molecule has 4 rings (SSSR count). The lowest BCUT2D eigenvalue weighted by atomic mass is 10.1. The van der Waals surface area contributed by atoms with Crippen LogP contribution in [0.4, 0.5) is 4.39 Å². The van der Waals surface area contributed by atoms with Crippen LogP contribution in [0.1, 0.15) is 15.9 Å². The Balaban J connectivity index is 1.75. The molecule has 5 heteroatoms. The van der Waals surface area contributed by atoms with Gasteiger partial charge in [0.15, 0.2) is 5.78 Å². The molecule has 0 aliphatic heterocycles. The van der Waals surface area contributed by atoms with Gasteiger partial charge in [0.05, 0.1) is 24.1 Å². The molecule has 4 aromatic rings. The minimum Gasteiger partial charge on any atom is -0.306 e. The molecule has 0 amide bonds. The number of para-hydroxylation sites is 2. The first-order valence-electron chi connectivity index (χ1n) is 8.69. The topological polar surface area (TPSA) is 50.8 Å². The molecule has 0 spiro atoms. The number of aromatic nitrogens is 2. The summed E-state index contributed by atoms with van der Waals surface area (Å²) in [6.07, 6.45) is 0. The highest BCUT2D eigenvalue weighted by atomic mass is 19.1. The number of imidazole rings is 1. The van der Waals surface area contributed by atoms with E-state index in [0.717, 1.165) is 16.6 Å². The highest BCUT2D eigenvalue weighted by Gasteiger charge is 2.14. The predicted octanol–water partition coefficient (Wildman–Crippen LogP) is 3.99. The molecule has 1 N–H and O–H groups in total. The molecule has 0 saturated heterocycles. The van der Waals surface area contributed by atoms with Gasteiger partial charge in [-0.15, -0.1) is 0 Å². The number of halogens is 1. The van der Waals surface area contributed by atoms with Gasteiger partial charge in [0, 0.05) is 5.56 Å². The number of hydrogen-bond donors (Lipinski definition) is 1. The molecular formula is C22H18FN3O. The molecule has 1 aromatic heterocycles. The van der Waals surface area contributed by atoms with Gasteiger partial charge in [-0.3, -0.25) is 10.2 Å². The Kier molecular flexibility index (Phi) is 4.42. The van der Waals surface area contributed by atoms with E-state index in [2.05, 4.69) is 0 Å². The first kappa shape index (κ1) is 17.0. The van der Waals surface area contributed by atoms with Crippen LogP contribution in [-0.4, -0.2) is 14.9 Å². The van der Waals surface area contributed by atoms with Crippen molar-refractivity contribution in [2.24, 2.45) is 0 Å². The summed E-state index contributed by atoms with van der Waals surface area (Å²) in [6, 6.07) is 23.1. The van der Waals surface area contributed by atoms with E-state index in [-0.39, 0.29) is 23.8 Å². The highest BCUT2D eigenvalue weighted by Crippen LogP contribution is 2.15. The molecular weight excluding hydrogens is 341 g/mol. The Bertz CT molecular complexity index is 1160. The number of fused-ring (bicyclic) bond motifs is 1. The first-order chi connectivity index (χ1) is 13.1. The standard InChI is InChI=1S/C22H18FN3O/c23-18-12-10-17(11-13-18)21(27)15-26-20-9-5-4-8-19(20)25(22(26)24)14-16-6-2-1-3-7-16/h1-13,24H,14-15H2. The van der Waals surface area contributed by atoms with E-state index in [1.807, 2.05) is 59.2 Å². The van der Waals surface area contributed by atoms with Crippen LogP contribution in [0.15, 0.2) is 78.9 Å². The van der Waals surface area contributed by atoms with Crippen LogP contribution < -0.4 is 5.62 Å². The number of carbonyl (C=O) groups is 1. The van der Waals surface area contributed by atoms with Gasteiger partial charge in [-0.05, 0) is 42.0 Å². The summed E-state index contributed by atoms with van der Waals surface area (Å²) in [6.45, 7) is 0.588. The van der Waals surface area contributed by atoms with Gasteiger partial charge in [-0.2, -0.15) is 0 Å². The third-order valence-electron chi connectivity index (χ3n) is 4.63. The molecule has 0 radical (unpaired) electrons. The van der Waals surface area contributed by atoms with Crippen molar-refractivity contribution in [1.29, 1.82) is 5.41 Å². The molecule has 0 unspecified atom stereocenters. The molecule has 0 fully saturated rings. The molecule has 1 heterocycles. The fourth-order valence-electron chi connectivity index (χ4n) is 3.25. The van der Waals surface area contributed by atoms with Crippen molar-refractivity contribution in [2.75, 3.05) is 0 Å². The summed E-state index contributed by atoms with van der Waals surface area (Å²) >= 11 is 0. The first-order valence-corrected chi connectivity index (χ1v) is 8.69. The average molecular weight is 359 g/mol. The maximum atomic E-state index is 13.1. The summed E-state index contributed by atoms with van der Waals surface area (Å²) in [5.41, 5.74) is 3.51. The Morgan fingerprint density at radius 2 is 1.41 bits per heavy atom. The zero-order valence-electron chi connectivity index (χ0n) is 14.6. The maximum absolute atomic E-state index is 13.1. The number of ketones is 1. The van der Waals surface area contributed by atoms with Crippen molar-refractivity contribution in [3.8, 4) is 0 Å². The lowest BCUT2D eigenvalue weighted by molar-refractivity contribution is 0.0971. The normalized spacial score (nSPS) is 11.0. The number of Topliss-reactive ketones (excluding diaryl/α,β-unsaturated/α-hetero) is 1. The fourth-order valence-corrected chi connectivity index (χ4v) is 3.25. The lowest BCUT2D eigenvalue weighted by Gasteiger charge is -2.05. The minimum absolute atomic E-state index is 0.0345. The Labute approximate surface area is 155 Å². The monoisotopic (exact) mass is 359 g/mol. The molecule has 27 heavy (non-hydrogen) atoms. The molecule has 134 valence electrons. The highest BCUT2D eigenvalue weighted by molar-refractivity contribution is 5.96. The zero-order valence-corrected chi connectivity index (χ0v) is 14.6. The molecule has 0 atom stereocenters. The van der Waals surface area contributed by atoms with E-state index in [9.17, 15) is 9.18 Å². The van der Waals surface area contributed by atoms with Gasteiger partial charge in [-0.1, -0.05) is 42.5 Å². The van der Waals surface area contributed by atoms with Crippen LogP contribution in [0.5, 0.6) is 0 Å². The lowest BCUT2D eigenvalue weighted by Crippen LogP contribution is -2.27. The smallest absolute Gasteiger partial charge is 0.203 e. The molecule has 0 bridgehead atoms. The second kappa shape index (κ2) is 7.03. The third kappa shape index (κ3) is 3.31. The van der Waals surface area contributed by atoms with Crippen molar-refractivity contribution in [3.63, 3.8) is 0 Å². The van der Waals surface area contributed by atoms with Gasteiger partial charge in [0.2, 0.25) is 5.62 Å². The van der Waals surface area contributed by atoms with Gasteiger partial charge in [0.25, 0.3) is 0 Å². The van der Waals surface area contributed by atoms with Crippen molar-refractivity contribution < 1.29 is 9.18 Å². The summed E-state index contributed by atoms with van der Waals surface area (Å²) in [7, 11) is 0. The van der Waals surface area contributed by atoms with Crippen molar-refractivity contribution in [1.82, 2.24) is 9.13 Å². The second-order valence-corrected chi connectivity index (χ2v) is 6.40. The SMILES string of the molecule is N=c1n(CC(=O)c2ccc(F)cc2)c2ccccc2n1Cc1ccccc1. The predicted molar refractivity (Wildman–Crippen MR) is 102 cm³/mol. The Morgan fingerprint density at radius 3 is 2.07 bits per heavy atom. The minimum atomic E-state index is -0.375. The van der Waals surface area contributed by atoms with Crippen LogP contribution in [-0.2, 0) is 13.1 Å². The summed E-state index contributed by atoms with van der Waals surface area (Å²) < 4.78 is 16.7. The Morgan fingerprint density at radius 1 is 0.815 bits per heavy atom. The van der Waals surface area contributed by atoms with E-state index < -0.39 is 0 Å². The van der Waals surface area contributed by atoms with Crippen LogP contribution >= 0.6 is 0 Å². The van der Waals surface area contributed by atoms with E-state index >= 15 is 0 Å². The van der Waals surface area contributed by atoms with Crippen molar-refractivity contribution >= 4 is 16.8 Å². The number of rotatable bonds is 5. The fraction of sp³-hybridized carbons (Fsp3) is 0.0909. The average Bonchev–Trinajstić information content (AvgIpc) is 2.95. The van der Waals surface area contributed by atoms with Gasteiger partial charge >= 0.3 is 0 Å². The zero-order chi connectivity index (χ0) is 18.8. The van der Waals surface area contributed by atoms with E-state index in [4.69, 9.17) is 5.41 Å². The summed E-state index contributed by atoms with van der Waals surface area (Å²) in [4.78, 5) is 12.7. The number of carbonyl (C=O) groups excluding carboxylic acids is 1. The maximum Gasteiger partial charge on any atom is 0.203 e. The van der Waals surface area contributed by atoms with Gasteiger partial charge in [-0.25, -0.2) is 4.39 Å². The molecule has 0 saturated carbocycles. The van der Waals surface area contributed by atoms with Crippen LogP contribution in [0.2, 0.25) is 0 Å². The number of benzene rings is 3. The van der Waals surface area contributed by atoms with Crippen LogP contribution in [0, 0.1) is 11.2 Å². The Hall–Kier alpha value is -3.47. The summed E-state index contributed by atoms with van der Waals surface area (Å²) in [5.74, 6) is -0.532. The molecule has 4 nitrogen and oxygen atoms in total. The number of nitrogens with zero attached hydrogens (tertiary/aromatic N) is 2. The molecule has 0 aliphatic carbocycles. The van der Waals surface area contributed by atoms with Crippen LogP contribution in [0.25, 0.3) is 11.0 Å². The number of hydrogen-bond acceptors (Lipinski definition) is 2. The molecule has 3 aromatic carbocycles. The van der Waals surface area contributed by atoms with E-state index in [0.29, 0.717) is 12.1 Å². The second-order valence-electron chi connectivity index (χ2n) is 6.40. The van der Waals surface area contributed by atoms with E-state index in [1.165, 1.54) is 24.3 Å². The number of nitrogens with one attached hydrogen (secondary N) is 1. The molecule has 0 aliphatic rings. The van der Waals surface area contributed by atoms with Gasteiger partial charge < -0.3 is 9.13 Å². The largest absolute Gasteiger partial charge is 0.306 e. The van der Waals surface area contributed by atoms with Crippen molar-refractivity contribution in [3.05, 3.63) is 101 Å².